The van der Waals surface area contributed by atoms with Crippen LogP contribution < -0.4 is 10.1 Å². The topological polar surface area (TPSA) is 47.0 Å². The summed E-state index contributed by atoms with van der Waals surface area (Å²) < 4.78 is 5.45. The van der Waals surface area contributed by atoms with E-state index in [4.69, 9.17) is 16.3 Å². The molecule has 2 atom stereocenters. The molecule has 1 heterocycles. The number of aryl methyl sites for hydroxylation is 1. The molecule has 1 N–H and O–H groups in total. The molecule has 1 aromatic rings. The lowest BCUT2D eigenvalue weighted by Crippen LogP contribution is -2.34. The second kappa shape index (κ2) is 6.94. The fraction of sp³-hybridized carbons (Fsp3) is 0.714. The highest BCUT2D eigenvalue weighted by Gasteiger charge is 2.25. The van der Waals surface area contributed by atoms with Crippen LogP contribution in [0.1, 0.15) is 38.3 Å². The van der Waals surface area contributed by atoms with Crippen molar-refractivity contribution < 1.29 is 4.74 Å². The summed E-state index contributed by atoms with van der Waals surface area (Å²) >= 11 is 6.05. The SMILES string of the molecule is CCOc1cc(C)nc(NC2CCCCC2CCl)n1. The molecule has 2 rings (SSSR count). The van der Waals surface area contributed by atoms with Crippen LogP contribution in [0.25, 0.3) is 0 Å². The third kappa shape index (κ3) is 3.96. The van der Waals surface area contributed by atoms with E-state index in [1.54, 1.807) is 0 Å². The Hall–Kier alpha value is -1.03. The molecule has 5 heteroatoms. The quantitative estimate of drug-likeness (QED) is 0.842. The van der Waals surface area contributed by atoms with E-state index in [0.29, 0.717) is 36.3 Å². The van der Waals surface area contributed by atoms with Gasteiger partial charge in [0.1, 0.15) is 0 Å². The second-order valence-electron chi connectivity index (χ2n) is 5.05. The first-order chi connectivity index (χ1) is 9.22. The highest BCUT2D eigenvalue weighted by molar-refractivity contribution is 6.18. The number of hydrogen-bond donors (Lipinski definition) is 1. The monoisotopic (exact) mass is 283 g/mol. The number of aromatic nitrogens is 2. The molecule has 1 aliphatic rings. The van der Waals surface area contributed by atoms with Crippen molar-refractivity contribution in [1.29, 1.82) is 0 Å². The Morgan fingerprint density at radius 3 is 2.89 bits per heavy atom. The van der Waals surface area contributed by atoms with E-state index < -0.39 is 0 Å². The van der Waals surface area contributed by atoms with Crippen molar-refractivity contribution in [3.63, 3.8) is 0 Å². The smallest absolute Gasteiger partial charge is 0.226 e. The van der Waals surface area contributed by atoms with E-state index in [1.165, 1.54) is 19.3 Å². The average molecular weight is 284 g/mol. The summed E-state index contributed by atoms with van der Waals surface area (Å²) in [5.74, 6) is 2.50. The number of nitrogens with one attached hydrogen (secondary N) is 1. The van der Waals surface area contributed by atoms with Crippen LogP contribution in [0.4, 0.5) is 5.95 Å². The Balaban J connectivity index is 2.08. The van der Waals surface area contributed by atoms with Crippen molar-refractivity contribution in [2.24, 2.45) is 5.92 Å². The maximum Gasteiger partial charge on any atom is 0.226 e. The Morgan fingerprint density at radius 1 is 1.37 bits per heavy atom. The molecule has 0 amide bonds. The van der Waals surface area contributed by atoms with Crippen LogP contribution in [-0.2, 0) is 0 Å². The maximum atomic E-state index is 6.05. The predicted octanol–water partition coefficient (Wildman–Crippen LogP) is 3.39. The molecule has 2 unspecified atom stereocenters. The zero-order valence-electron chi connectivity index (χ0n) is 11.7. The van der Waals surface area contributed by atoms with Crippen molar-refractivity contribution in [1.82, 2.24) is 9.97 Å². The first kappa shape index (κ1) is 14.4. The minimum Gasteiger partial charge on any atom is -0.478 e. The minimum atomic E-state index is 0.377. The lowest BCUT2D eigenvalue weighted by Gasteiger charge is -2.30. The summed E-state index contributed by atoms with van der Waals surface area (Å²) in [6.45, 7) is 4.52. The van der Waals surface area contributed by atoms with E-state index in [2.05, 4.69) is 15.3 Å². The normalized spacial score (nSPS) is 23.1. The van der Waals surface area contributed by atoms with Gasteiger partial charge in [0.15, 0.2) is 0 Å². The summed E-state index contributed by atoms with van der Waals surface area (Å²) in [4.78, 5) is 8.83. The van der Waals surface area contributed by atoms with Gasteiger partial charge in [0.25, 0.3) is 0 Å². The van der Waals surface area contributed by atoms with E-state index in [0.717, 1.165) is 12.1 Å². The van der Waals surface area contributed by atoms with Crippen LogP contribution >= 0.6 is 11.6 Å². The van der Waals surface area contributed by atoms with Crippen molar-refractivity contribution in [3.8, 4) is 5.88 Å². The van der Waals surface area contributed by atoms with Crippen LogP contribution in [0.5, 0.6) is 5.88 Å². The van der Waals surface area contributed by atoms with Crippen LogP contribution in [0.2, 0.25) is 0 Å². The highest BCUT2D eigenvalue weighted by atomic mass is 35.5. The van der Waals surface area contributed by atoms with Gasteiger partial charge >= 0.3 is 0 Å². The molecular formula is C14H22ClN3O. The van der Waals surface area contributed by atoms with Gasteiger partial charge in [0.05, 0.1) is 6.61 Å². The van der Waals surface area contributed by atoms with Crippen LogP contribution in [0.3, 0.4) is 0 Å². The summed E-state index contributed by atoms with van der Waals surface area (Å²) in [5, 5.41) is 3.43. The molecule has 0 bridgehead atoms. The largest absolute Gasteiger partial charge is 0.478 e. The number of halogens is 1. The number of hydrogen-bond acceptors (Lipinski definition) is 4. The van der Waals surface area contributed by atoms with Crippen LogP contribution in [-0.4, -0.2) is 28.5 Å². The molecule has 1 aliphatic carbocycles. The fourth-order valence-electron chi connectivity index (χ4n) is 2.57. The number of nitrogens with zero attached hydrogens (tertiary/aromatic N) is 2. The molecular weight excluding hydrogens is 262 g/mol. The Kier molecular flexibility index (Phi) is 5.25. The van der Waals surface area contributed by atoms with Gasteiger partial charge in [-0.3, -0.25) is 0 Å². The molecule has 0 aliphatic heterocycles. The first-order valence-corrected chi connectivity index (χ1v) is 7.57. The molecule has 19 heavy (non-hydrogen) atoms. The van der Waals surface area contributed by atoms with Crippen molar-refractivity contribution in [3.05, 3.63) is 11.8 Å². The number of alkyl halides is 1. The summed E-state index contributed by atoms with van der Waals surface area (Å²) in [7, 11) is 0. The first-order valence-electron chi connectivity index (χ1n) is 7.04. The molecule has 1 fully saturated rings. The molecule has 0 saturated heterocycles. The van der Waals surface area contributed by atoms with Gasteiger partial charge in [-0.2, -0.15) is 4.98 Å². The van der Waals surface area contributed by atoms with Gasteiger partial charge in [-0.25, -0.2) is 4.98 Å². The summed E-state index contributed by atoms with van der Waals surface area (Å²) in [6.07, 6.45) is 4.84. The zero-order valence-corrected chi connectivity index (χ0v) is 12.4. The van der Waals surface area contributed by atoms with E-state index >= 15 is 0 Å². The Morgan fingerprint density at radius 2 is 2.16 bits per heavy atom. The van der Waals surface area contributed by atoms with Crippen LogP contribution in [0.15, 0.2) is 6.07 Å². The van der Waals surface area contributed by atoms with E-state index in [1.807, 2.05) is 19.9 Å². The van der Waals surface area contributed by atoms with Gasteiger partial charge < -0.3 is 10.1 Å². The Bertz CT molecular complexity index is 414. The number of anilines is 1. The maximum absolute atomic E-state index is 6.05. The molecule has 1 aromatic heterocycles. The van der Waals surface area contributed by atoms with Crippen molar-refractivity contribution in [2.45, 2.75) is 45.6 Å². The van der Waals surface area contributed by atoms with E-state index in [-0.39, 0.29) is 0 Å². The van der Waals surface area contributed by atoms with Gasteiger partial charge in [-0.1, -0.05) is 12.8 Å². The predicted molar refractivity (Wildman–Crippen MR) is 78.0 cm³/mol. The van der Waals surface area contributed by atoms with Gasteiger partial charge in [0.2, 0.25) is 11.8 Å². The number of rotatable bonds is 5. The van der Waals surface area contributed by atoms with Crippen molar-refractivity contribution in [2.75, 3.05) is 17.8 Å². The van der Waals surface area contributed by atoms with Crippen molar-refractivity contribution >= 4 is 17.5 Å². The summed E-state index contributed by atoms with van der Waals surface area (Å²) in [5.41, 5.74) is 0.916. The zero-order chi connectivity index (χ0) is 13.7. The number of ether oxygens (including phenoxy) is 1. The minimum absolute atomic E-state index is 0.377. The summed E-state index contributed by atoms with van der Waals surface area (Å²) in [6, 6.07) is 2.23. The fourth-order valence-corrected chi connectivity index (χ4v) is 2.94. The molecule has 0 aromatic carbocycles. The van der Waals surface area contributed by atoms with E-state index in [9.17, 15) is 0 Å². The third-order valence-electron chi connectivity index (χ3n) is 3.54. The average Bonchev–Trinajstić information content (AvgIpc) is 2.39. The Labute approximate surface area is 119 Å². The molecule has 0 spiro atoms. The lowest BCUT2D eigenvalue weighted by atomic mass is 9.86. The van der Waals surface area contributed by atoms with Gasteiger partial charge in [-0.05, 0) is 32.6 Å². The highest BCUT2D eigenvalue weighted by Crippen LogP contribution is 2.27. The van der Waals surface area contributed by atoms with Gasteiger partial charge in [-0.15, -0.1) is 11.6 Å². The van der Waals surface area contributed by atoms with Gasteiger partial charge in [0, 0.05) is 23.7 Å². The molecule has 1 saturated carbocycles. The molecule has 106 valence electrons. The van der Waals surface area contributed by atoms with Crippen LogP contribution in [0, 0.1) is 12.8 Å². The molecule has 0 radical (unpaired) electrons. The lowest BCUT2D eigenvalue weighted by molar-refractivity contribution is 0.324. The third-order valence-corrected chi connectivity index (χ3v) is 3.94. The standard InChI is InChI=1S/C14H22ClN3O/c1-3-19-13-8-10(2)16-14(18-13)17-12-7-5-4-6-11(12)9-15/h8,11-12H,3-7,9H2,1-2H3,(H,16,17,18). The molecule has 4 nitrogen and oxygen atoms in total. The second-order valence-corrected chi connectivity index (χ2v) is 5.36.